The summed E-state index contributed by atoms with van der Waals surface area (Å²) in [5, 5.41) is 3.56. The van der Waals surface area contributed by atoms with Gasteiger partial charge < -0.3 is 15.0 Å². The number of hydrogen-bond acceptors (Lipinski definition) is 3. The summed E-state index contributed by atoms with van der Waals surface area (Å²) < 4.78 is 5.43. The Labute approximate surface area is 170 Å². The van der Waals surface area contributed by atoms with Crippen LogP contribution in [0.1, 0.15) is 12.5 Å². The van der Waals surface area contributed by atoms with Crippen LogP contribution in [-0.4, -0.2) is 49.6 Å². The summed E-state index contributed by atoms with van der Waals surface area (Å²) in [6.07, 6.45) is 0.717. The summed E-state index contributed by atoms with van der Waals surface area (Å²) in [5.74, 6) is 0.616. The van der Waals surface area contributed by atoms with E-state index in [2.05, 4.69) is 5.32 Å². The Bertz CT molecular complexity index is 809. The number of halogens is 1. The van der Waals surface area contributed by atoms with Gasteiger partial charge in [-0.3, -0.25) is 9.69 Å². The first kappa shape index (κ1) is 20.0. The average molecular weight is 402 g/mol. The van der Waals surface area contributed by atoms with E-state index in [9.17, 15) is 9.59 Å². The van der Waals surface area contributed by atoms with Crippen LogP contribution in [0.2, 0.25) is 5.02 Å². The molecule has 0 aliphatic carbocycles. The Balaban J connectivity index is 1.46. The van der Waals surface area contributed by atoms with E-state index in [1.54, 1.807) is 9.80 Å². The first-order valence-corrected chi connectivity index (χ1v) is 9.75. The number of carbonyl (C=O) groups is 2. The Morgan fingerprint density at radius 1 is 1.11 bits per heavy atom. The lowest BCUT2D eigenvalue weighted by molar-refractivity contribution is -0.121. The maximum absolute atomic E-state index is 12.6. The van der Waals surface area contributed by atoms with Gasteiger partial charge in [0.05, 0.1) is 6.61 Å². The zero-order valence-corrected chi connectivity index (χ0v) is 16.6. The maximum Gasteiger partial charge on any atom is 0.325 e. The second-order valence-electron chi connectivity index (χ2n) is 6.51. The van der Waals surface area contributed by atoms with Gasteiger partial charge in [-0.25, -0.2) is 4.79 Å². The zero-order valence-electron chi connectivity index (χ0n) is 15.9. The Hall–Kier alpha value is -2.73. The predicted octanol–water partition coefficient (Wildman–Crippen LogP) is 3.34. The maximum atomic E-state index is 12.6. The molecule has 1 fully saturated rings. The monoisotopic (exact) mass is 401 g/mol. The molecule has 3 rings (SSSR count). The van der Waals surface area contributed by atoms with E-state index in [0.717, 1.165) is 23.4 Å². The van der Waals surface area contributed by atoms with Crippen molar-refractivity contribution in [2.24, 2.45) is 0 Å². The van der Waals surface area contributed by atoms with Gasteiger partial charge in [0.15, 0.2) is 0 Å². The fraction of sp³-hybridized carbons (Fsp3) is 0.333. The molecule has 2 aromatic carbocycles. The lowest BCUT2D eigenvalue weighted by Gasteiger charge is -2.18. The molecule has 1 aliphatic rings. The average Bonchev–Trinajstić information content (AvgIpc) is 3.05. The SMILES string of the molecule is CCOc1ccc(N2CCN(CC(=O)NCCc3ccc(Cl)cc3)C2=O)cc1. The number of hydrogen-bond donors (Lipinski definition) is 1. The first-order valence-electron chi connectivity index (χ1n) is 9.37. The third-order valence-corrected chi connectivity index (χ3v) is 4.79. The minimum atomic E-state index is -0.157. The third kappa shape index (κ3) is 5.16. The van der Waals surface area contributed by atoms with Crippen molar-refractivity contribution in [3.8, 4) is 5.75 Å². The topological polar surface area (TPSA) is 61.9 Å². The number of nitrogens with zero attached hydrogens (tertiary/aromatic N) is 2. The Kier molecular flexibility index (Phi) is 6.76. The molecule has 0 aromatic heterocycles. The van der Waals surface area contributed by atoms with Gasteiger partial charge in [-0.15, -0.1) is 0 Å². The van der Waals surface area contributed by atoms with Gasteiger partial charge in [0.2, 0.25) is 5.91 Å². The van der Waals surface area contributed by atoms with Crippen LogP contribution in [0.3, 0.4) is 0 Å². The van der Waals surface area contributed by atoms with Crippen molar-refractivity contribution < 1.29 is 14.3 Å². The highest BCUT2D eigenvalue weighted by molar-refractivity contribution is 6.30. The Morgan fingerprint density at radius 2 is 1.82 bits per heavy atom. The minimum Gasteiger partial charge on any atom is -0.494 e. The van der Waals surface area contributed by atoms with Gasteiger partial charge in [-0.1, -0.05) is 23.7 Å². The fourth-order valence-corrected chi connectivity index (χ4v) is 3.21. The van der Waals surface area contributed by atoms with Gasteiger partial charge in [-0.05, 0) is 55.3 Å². The molecule has 0 spiro atoms. The molecular formula is C21H24ClN3O3. The molecule has 1 aliphatic heterocycles. The van der Waals surface area contributed by atoms with E-state index in [4.69, 9.17) is 16.3 Å². The second kappa shape index (κ2) is 9.46. The number of rotatable bonds is 8. The Morgan fingerprint density at radius 3 is 2.50 bits per heavy atom. The number of anilines is 1. The summed E-state index contributed by atoms with van der Waals surface area (Å²) in [5.41, 5.74) is 1.91. The van der Waals surface area contributed by atoms with Crippen molar-refractivity contribution in [1.29, 1.82) is 0 Å². The number of amides is 3. The largest absolute Gasteiger partial charge is 0.494 e. The standard InChI is InChI=1S/C21H24ClN3O3/c1-2-28-19-9-7-18(8-10-19)25-14-13-24(21(25)27)15-20(26)23-12-11-16-3-5-17(22)6-4-16/h3-10H,2,11-15H2,1H3,(H,23,26). The number of carbonyl (C=O) groups excluding carboxylic acids is 2. The van der Waals surface area contributed by atoms with E-state index in [-0.39, 0.29) is 18.5 Å². The molecular weight excluding hydrogens is 378 g/mol. The van der Waals surface area contributed by atoms with E-state index < -0.39 is 0 Å². The second-order valence-corrected chi connectivity index (χ2v) is 6.95. The quantitative estimate of drug-likeness (QED) is 0.737. The summed E-state index contributed by atoms with van der Waals surface area (Å²) in [6.45, 7) is 4.19. The van der Waals surface area contributed by atoms with E-state index in [0.29, 0.717) is 31.3 Å². The molecule has 1 heterocycles. The number of ether oxygens (including phenoxy) is 1. The fourth-order valence-electron chi connectivity index (χ4n) is 3.08. The van der Waals surface area contributed by atoms with Crippen LogP contribution in [0, 0.1) is 0 Å². The van der Waals surface area contributed by atoms with Crippen molar-refractivity contribution in [3.63, 3.8) is 0 Å². The predicted molar refractivity (Wildman–Crippen MR) is 110 cm³/mol. The van der Waals surface area contributed by atoms with Crippen LogP contribution in [0.5, 0.6) is 5.75 Å². The molecule has 2 aromatic rings. The number of benzene rings is 2. The highest BCUT2D eigenvalue weighted by Crippen LogP contribution is 2.23. The van der Waals surface area contributed by atoms with Gasteiger partial charge >= 0.3 is 6.03 Å². The lowest BCUT2D eigenvalue weighted by atomic mass is 10.1. The molecule has 0 radical (unpaired) electrons. The van der Waals surface area contributed by atoms with E-state index in [1.165, 1.54) is 0 Å². The summed E-state index contributed by atoms with van der Waals surface area (Å²) >= 11 is 5.87. The third-order valence-electron chi connectivity index (χ3n) is 4.54. The van der Waals surface area contributed by atoms with Crippen molar-refractivity contribution in [2.45, 2.75) is 13.3 Å². The van der Waals surface area contributed by atoms with Gasteiger partial charge in [-0.2, -0.15) is 0 Å². The lowest BCUT2D eigenvalue weighted by Crippen LogP contribution is -2.40. The highest BCUT2D eigenvalue weighted by atomic mass is 35.5. The molecule has 0 saturated carbocycles. The number of urea groups is 1. The smallest absolute Gasteiger partial charge is 0.325 e. The first-order chi connectivity index (χ1) is 13.6. The van der Waals surface area contributed by atoms with Crippen LogP contribution >= 0.6 is 11.6 Å². The van der Waals surface area contributed by atoms with E-state index >= 15 is 0 Å². The van der Waals surface area contributed by atoms with Gasteiger partial charge in [0.25, 0.3) is 0 Å². The summed E-state index contributed by atoms with van der Waals surface area (Å²) in [7, 11) is 0. The van der Waals surface area contributed by atoms with Crippen LogP contribution < -0.4 is 15.0 Å². The van der Waals surface area contributed by atoms with Gasteiger partial charge in [0.1, 0.15) is 12.3 Å². The van der Waals surface area contributed by atoms with E-state index in [1.807, 2.05) is 55.5 Å². The molecule has 148 valence electrons. The molecule has 1 N–H and O–H groups in total. The molecule has 0 atom stereocenters. The van der Waals surface area contributed by atoms with Gasteiger partial charge in [0, 0.05) is 30.3 Å². The van der Waals surface area contributed by atoms with Crippen molar-refractivity contribution in [3.05, 3.63) is 59.1 Å². The molecule has 6 nitrogen and oxygen atoms in total. The normalized spacial score (nSPS) is 13.7. The van der Waals surface area contributed by atoms with Crippen molar-refractivity contribution in [1.82, 2.24) is 10.2 Å². The molecule has 1 saturated heterocycles. The molecule has 28 heavy (non-hydrogen) atoms. The summed E-state index contributed by atoms with van der Waals surface area (Å²) in [4.78, 5) is 28.0. The minimum absolute atomic E-state index is 0.0625. The molecule has 0 bridgehead atoms. The summed E-state index contributed by atoms with van der Waals surface area (Å²) in [6, 6.07) is 14.8. The van der Waals surface area contributed by atoms with Crippen LogP contribution in [-0.2, 0) is 11.2 Å². The van der Waals surface area contributed by atoms with Crippen molar-refractivity contribution >= 4 is 29.2 Å². The molecule has 3 amide bonds. The molecule has 0 unspecified atom stereocenters. The van der Waals surface area contributed by atoms with Crippen molar-refractivity contribution in [2.75, 3.05) is 37.7 Å². The molecule has 7 heteroatoms. The highest BCUT2D eigenvalue weighted by Gasteiger charge is 2.30. The van der Waals surface area contributed by atoms with Crippen LogP contribution in [0.25, 0.3) is 0 Å². The van der Waals surface area contributed by atoms with Crippen LogP contribution in [0.15, 0.2) is 48.5 Å². The van der Waals surface area contributed by atoms with Crippen LogP contribution in [0.4, 0.5) is 10.5 Å². The zero-order chi connectivity index (χ0) is 19.9. The number of nitrogens with one attached hydrogen (secondary N) is 1.